The maximum absolute atomic E-state index is 13.4. The molecule has 1 aromatic heterocycles. The van der Waals surface area contributed by atoms with Gasteiger partial charge in [0.05, 0.1) is 11.3 Å². The first-order valence-corrected chi connectivity index (χ1v) is 10.4. The average molecular weight is 400 g/mol. The van der Waals surface area contributed by atoms with Crippen LogP contribution in [0.4, 0.5) is 5.88 Å². The van der Waals surface area contributed by atoms with Crippen molar-refractivity contribution in [2.75, 3.05) is 5.32 Å². The zero-order valence-electron chi connectivity index (χ0n) is 17.1. The second-order valence-corrected chi connectivity index (χ2v) is 8.14. The molecule has 1 aliphatic carbocycles. The largest absolute Gasteiger partial charge is 0.508 e. The number of ketones is 1. The zero-order valence-corrected chi connectivity index (χ0v) is 17.1. The lowest BCUT2D eigenvalue weighted by Crippen LogP contribution is -2.29. The van der Waals surface area contributed by atoms with Crippen LogP contribution in [0.5, 0.6) is 5.75 Å². The molecule has 0 saturated heterocycles. The maximum atomic E-state index is 13.4. The number of Topliss-reactive ketones (excluding diaryl/α,β-unsaturated/α-hetero) is 1. The molecule has 2 aliphatic rings. The zero-order chi connectivity index (χ0) is 20.8. The molecule has 2 aromatic carbocycles. The Morgan fingerprint density at radius 1 is 1.13 bits per heavy atom. The number of allylic oxidation sites excluding steroid dienone is 2. The standard InChI is InChI=1S/C25H24N2O3/c1-3-15-8-10-16(11-9-15)23-22-14(2)27-30-25(22)26-19-12-17(13-21(29)24(19)23)18-6-4-5-7-20(18)28/h4-11,17,23,26,28H,3,12-13H2,1-2H3/t17-,23+/m0/s1. The maximum Gasteiger partial charge on any atom is 0.233 e. The van der Waals surface area contributed by atoms with Gasteiger partial charge in [-0.05, 0) is 42.5 Å². The Hall–Kier alpha value is -3.34. The van der Waals surface area contributed by atoms with Crippen LogP contribution in [0, 0.1) is 6.92 Å². The van der Waals surface area contributed by atoms with Crippen LogP contribution in [-0.4, -0.2) is 16.0 Å². The molecule has 2 N–H and O–H groups in total. The minimum absolute atomic E-state index is 0.0707. The molecule has 5 heteroatoms. The molecule has 0 fully saturated rings. The van der Waals surface area contributed by atoms with Crippen molar-refractivity contribution in [3.63, 3.8) is 0 Å². The smallest absolute Gasteiger partial charge is 0.233 e. The Morgan fingerprint density at radius 2 is 1.90 bits per heavy atom. The minimum atomic E-state index is -0.189. The number of anilines is 1. The van der Waals surface area contributed by atoms with E-state index in [9.17, 15) is 9.90 Å². The van der Waals surface area contributed by atoms with E-state index >= 15 is 0 Å². The number of carbonyl (C=O) groups is 1. The van der Waals surface area contributed by atoms with E-state index in [1.54, 1.807) is 12.1 Å². The molecule has 2 atom stereocenters. The summed E-state index contributed by atoms with van der Waals surface area (Å²) in [6.07, 6.45) is 1.99. The van der Waals surface area contributed by atoms with Crippen LogP contribution in [0.25, 0.3) is 0 Å². The summed E-state index contributed by atoms with van der Waals surface area (Å²) in [4.78, 5) is 13.4. The van der Waals surface area contributed by atoms with Gasteiger partial charge in [-0.15, -0.1) is 0 Å². The fourth-order valence-corrected chi connectivity index (χ4v) is 4.80. The molecule has 2 heterocycles. The molecule has 5 nitrogen and oxygen atoms in total. The highest BCUT2D eigenvalue weighted by Gasteiger charge is 2.41. The van der Waals surface area contributed by atoms with Gasteiger partial charge < -0.3 is 14.9 Å². The number of hydrogen-bond acceptors (Lipinski definition) is 5. The molecule has 0 bridgehead atoms. The molecule has 30 heavy (non-hydrogen) atoms. The molecule has 5 rings (SSSR count). The fraction of sp³-hybridized carbons (Fsp3) is 0.280. The Balaban J connectivity index is 1.61. The van der Waals surface area contributed by atoms with E-state index < -0.39 is 0 Å². The second kappa shape index (κ2) is 7.17. The molecular weight excluding hydrogens is 376 g/mol. The number of phenolic OH excluding ortho intramolecular Hbond substituents is 1. The number of aromatic hydroxyl groups is 1. The summed E-state index contributed by atoms with van der Waals surface area (Å²) in [7, 11) is 0. The predicted octanol–water partition coefficient (Wildman–Crippen LogP) is 5.21. The number of hydrogen-bond donors (Lipinski definition) is 2. The van der Waals surface area contributed by atoms with Gasteiger partial charge in [0.2, 0.25) is 5.88 Å². The van der Waals surface area contributed by atoms with Crippen LogP contribution in [-0.2, 0) is 11.2 Å². The number of phenols is 1. The van der Waals surface area contributed by atoms with Crippen molar-refractivity contribution in [2.45, 2.75) is 44.9 Å². The third kappa shape index (κ3) is 2.93. The van der Waals surface area contributed by atoms with Gasteiger partial charge in [0.25, 0.3) is 0 Å². The van der Waals surface area contributed by atoms with E-state index in [1.165, 1.54) is 5.56 Å². The number of carbonyl (C=O) groups excluding carboxylic acids is 1. The highest BCUT2D eigenvalue weighted by molar-refractivity contribution is 6.01. The molecule has 0 unspecified atom stereocenters. The van der Waals surface area contributed by atoms with Crippen molar-refractivity contribution in [1.29, 1.82) is 0 Å². The van der Waals surface area contributed by atoms with Crippen molar-refractivity contribution in [1.82, 2.24) is 5.16 Å². The topological polar surface area (TPSA) is 75.4 Å². The Kier molecular flexibility index (Phi) is 4.46. The van der Waals surface area contributed by atoms with Crippen molar-refractivity contribution < 1.29 is 14.4 Å². The predicted molar refractivity (Wildman–Crippen MR) is 115 cm³/mol. The lowest BCUT2D eigenvalue weighted by atomic mass is 9.72. The van der Waals surface area contributed by atoms with E-state index in [0.717, 1.165) is 40.1 Å². The van der Waals surface area contributed by atoms with Crippen LogP contribution in [0.2, 0.25) is 0 Å². The SMILES string of the molecule is CCc1ccc([C@H]2C3=C(C[C@H](c4ccccc4O)CC3=O)Nc3onc(C)c32)cc1. The Morgan fingerprint density at radius 3 is 2.63 bits per heavy atom. The van der Waals surface area contributed by atoms with E-state index in [2.05, 4.69) is 41.7 Å². The number of aryl methyl sites for hydroxylation is 2. The van der Waals surface area contributed by atoms with Gasteiger partial charge in [-0.1, -0.05) is 54.5 Å². The number of fused-ring (bicyclic) bond motifs is 1. The summed E-state index contributed by atoms with van der Waals surface area (Å²) >= 11 is 0. The molecule has 152 valence electrons. The number of nitrogens with zero attached hydrogens (tertiary/aromatic N) is 1. The number of rotatable bonds is 3. The molecule has 0 spiro atoms. The van der Waals surface area contributed by atoms with Gasteiger partial charge in [-0.25, -0.2) is 0 Å². The average Bonchev–Trinajstić information content (AvgIpc) is 3.13. The number of benzene rings is 2. The summed E-state index contributed by atoms with van der Waals surface area (Å²) < 4.78 is 5.58. The summed E-state index contributed by atoms with van der Waals surface area (Å²) in [5, 5.41) is 17.8. The van der Waals surface area contributed by atoms with Gasteiger partial charge in [-0.2, -0.15) is 0 Å². The molecule has 0 saturated carbocycles. The first-order valence-electron chi connectivity index (χ1n) is 10.4. The summed E-state index contributed by atoms with van der Waals surface area (Å²) in [5.74, 6) is 0.692. The second-order valence-electron chi connectivity index (χ2n) is 8.14. The number of nitrogens with one attached hydrogen (secondary N) is 1. The van der Waals surface area contributed by atoms with Crippen LogP contribution in [0.1, 0.15) is 59.5 Å². The summed E-state index contributed by atoms with van der Waals surface area (Å²) in [6, 6.07) is 15.7. The van der Waals surface area contributed by atoms with Crippen LogP contribution in [0.3, 0.4) is 0 Å². The van der Waals surface area contributed by atoms with Crippen LogP contribution < -0.4 is 5.32 Å². The van der Waals surface area contributed by atoms with Gasteiger partial charge in [0.15, 0.2) is 5.78 Å². The normalized spacial score (nSPS) is 20.5. The fourth-order valence-electron chi connectivity index (χ4n) is 4.80. The Bertz CT molecular complexity index is 1160. The molecule has 1 aliphatic heterocycles. The van der Waals surface area contributed by atoms with E-state index in [4.69, 9.17) is 4.52 Å². The summed E-state index contributed by atoms with van der Waals surface area (Å²) in [5.41, 5.74) is 6.54. The van der Waals surface area contributed by atoms with Gasteiger partial charge >= 0.3 is 0 Å². The first-order chi connectivity index (χ1) is 14.6. The van der Waals surface area contributed by atoms with E-state index in [-0.39, 0.29) is 23.4 Å². The lowest BCUT2D eigenvalue weighted by Gasteiger charge is -2.34. The number of aromatic nitrogens is 1. The van der Waals surface area contributed by atoms with Crippen molar-refractivity contribution in [3.8, 4) is 5.75 Å². The third-order valence-corrected chi connectivity index (χ3v) is 6.36. The monoisotopic (exact) mass is 400 g/mol. The minimum Gasteiger partial charge on any atom is -0.508 e. The molecular formula is C25H24N2O3. The van der Waals surface area contributed by atoms with Gasteiger partial charge in [0.1, 0.15) is 5.75 Å². The highest BCUT2D eigenvalue weighted by Crippen LogP contribution is 2.49. The highest BCUT2D eigenvalue weighted by atomic mass is 16.5. The van der Waals surface area contributed by atoms with Crippen LogP contribution in [0.15, 0.2) is 64.3 Å². The summed E-state index contributed by atoms with van der Waals surface area (Å²) in [6.45, 7) is 4.05. The van der Waals surface area contributed by atoms with E-state index in [1.807, 2.05) is 19.1 Å². The number of para-hydroxylation sites is 1. The van der Waals surface area contributed by atoms with Crippen LogP contribution >= 0.6 is 0 Å². The quantitative estimate of drug-likeness (QED) is 0.631. The molecule has 0 amide bonds. The van der Waals surface area contributed by atoms with Gasteiger partial charge in [0, 0.05) is 29.5 Å². The van der Waals surface area contributed by atoms with Gasteiger partial charge in [-0.3, -0.25) is 4.79 Å². The Labute approximate surface area is 175 Å². The molecule has 3 aromatic rings. The lowest BCUT2D eigenvalue weighted by molar-refractivity contribution is -0.116. The van der Waals surface area contributed by atoms with Crippen molar-refractivity contribution in [3.05, 3.63) is 87.7 Å². The van der Waals surface area contributed by atoms with E-state index in [0.29, 0.717) is 18.7 Å². The molecule has 0 radical (unpaired) electrons. The third-order valence-electron chi connectivity index (χ3n) is 6.36. The van der Waals surface area contributed by atoms with Crippen molar-refractivity contribution in [2.24, 2.45) is 0 Å². The first kappa shape index (κ1) is 18.7. The van der Waals surface area contributed by atoms with Crippen molar-refractivity contribution >= 4 is 11.7 Å².